The fraction of sp³-hybridized carbons (Fsp3) is 0.226. The molecule has 0 spiro atoms. The molecule has 202 valence electrons. The first-order valence-corrected chi connectivity index (χ1v) is 15.3. The number of anilines is 1. The smallest absolute Gasteiger partial charge is 0.261 e. The molecule has 2 N–H and O–H groups in total. The van der Waals surface area contributed by atoms with E-state index in [1.807, 2.05) is 48.5 Å². The molecule has 0 aliphatic carbocycles. The van der Waals surface area contributed by atoms with Gasteiger partial charge in [-0.15, -0.1) is 11.8 Å². The van der Waals surface area contributed by atoms with E-state index in [0.717, 1.165) is 27.3 Å². The van der Waals surface area contributed by atoms with Crippen molar-refractivity contribution in [1.29, 1.82) is 0 Å². The number of aliphatic hydroxyl groups is 1. The Morgan fingerprint density at radius 1 is 0.821 bits per heavy atom. The maximum atomic E-state index is 12.9. The summed E-state index contributed by atoms with van der Waals surface area (Å²) in [6, 6.07) is 33.4. The number of rotatable bonds is 9. The summed E-state index contributed by atoms with van der Waals surface area (Å²) in [5.74, 6) is 0.786. The third-order valence-electron chi connectivity index (χ3n) is 6.75. The summed E-state index contributed by atoms with van der Waals surface area (Å²) < 4.78 is 41.5. The molecule has 0 saturated carbocycles. The van der Waals surface area contributed by atoms with Crippen molar-refractivity contribution in [2.45, 2.75) is 41.8 Å². The van der Waals surface area contributed by atoms with Crippen LogP contribution in [0, 0.1) is 5.92 Å². The number of thioether (sulfide) groups is 1. The Balaban J connectivity index is 1.40. The van der Waals surface area contributed by atoms with E-state index in [4.69, 9.17) is 9.47 Å². The van der Waals surface area contributed by atoms with Crippen LogP contribution in [0.4, 0.5) is 5.69 Å². The molecule has 0 aromatic heterocycles. The summed E-state index contributed by atoms with van der Waals surface area (Å²) in [7, 11) is -3.74. The number of ether oxygens (including phenoxy) is 2. The molecule has 1 fully saturated rings. The first-order valence-electron chi connectivity index (χ1n) is 12.8. The predicted molar refractivity (Wildman–Crippen MR) is 154 cm³/mol. The van der Waals surface area contributed by atoms with E-state index in [0.29, 0.717) is 5.69 Å². The van der Waals surface area contributed by atoms with Crippen molar-refractivity contribution in [3.05, 3.63) is 126 Å². The van der Waals surface area contributed by atoms with E-state index >= 15 is 0 Å². The molecule has 8 heteroatoms. The minimum Gasteiger partial charge on any atom is -0.392 e. The van der Waals surface area contributed by atoms with Gasteiger partial charge in [0.05, 0.1) is 23.7 Å². The van der Waals surface area contributed by atoms with E-state index in [1.165, 1.54) is 0 Å². The number of aliphatic hydroxyl groups excluding tert-OH is 1. The summed E-state index contributed by atoms with van der Waals surface area (Å²) >= 11 is 1.73. The minimum absolute atomic E-state index is 0.0187. The predicted octanol–water partition coefficient (Wildman–Crippen LogP) is 6.56. The number of hydrogen-bond donors (Lipinski definition) is 2. The summed E-state index contributed by atoms with van der Waals surface area (Å²) in [5, 5.41) is 9.48. The van der Waals surface area contributed by atoms with Crippen LogP contribution in [0.25, 0.3) is 0 Å². The van der Waals surface area contributed by atoms with Crippen molar-refractivity contribution in [3.63, 3.8) is 0 Å². The van der Waals surface area contributed by atoms with Crippen molar-refractivity contribution in [1.82, 2.24) is 0 Å². The van der Waals surface area contributed by atoms with E-state index in [2.05, 4.69) is 23.8 Å². The second kappa shape index (κ2) is 12.4. The molecule has 0 unspecified atom stereocenters. The van der Waals surface area contributed by atoms with Gasteiger partial charge in [0.2, 0.25) is 0 Å². The van der Waals surface area contributed by atoms with Gasteiger partial charge >= 0.3 is 0 Å². The lowest BCUT2D eigenvalue weighted by molar-refractivity contribution is -0.268. The molecule has 5 rings (SSSR count). The monoisotopic (exact) mass is 561 g/mol. The van der Waals surface area contributed by atoms with Crippen LogP contribution < -0.4 is 4.72 Å². The zero-order valence-electron chi connectivity index (χ0n) is 21.5. The Morgan fingerprint density at radius 2 is 1.51 bits per heavy atom. The lowest BCUT2D eigenvalue weighted by atomic mass is 9.91. The van der Waals surface area contributed by atoms with E-state index < -0.39 is 16.3 Å². The highest BCUT2D eigenvalue weighted by molar-refractivity contribution is 7.99. The molecular formula is C31H31NO5S2. The summed E-state index contributed by atoms with van der Waals surface area (Å²) in [6.07, 6.45) is -1.06. The van der Waals surface area contributed by atoms with Gasteiger partial charge in [-0.05, 0) is 47.5 Å². The maximum absolute atomic E-state index is 12.9. The van der Waals surface area contributed by atoms with Crippen molar-refractivity contribution in [2.24, 2.45) is 5.92 Å². The van der Waals surface area contributed by atoms with Gasteiger partial charge in [0.1, 0.15) is 0 Å². The van der Waals surface area contributed by atoms with Crippen molar-refractivity contribution in [3.8, 4) is 0 Å². The Labute approximate surface area is 234 Å². The molecular weight excluding hydrogens is 530 g/mol. The van der Waals surface area contributed by atoms with Gasteiger partial charge in [-0.3, -0.25) is 4.72 Å². The molecule has 0 amide bonds. The number of nitrogens with one attached hydrogen (secondary N) is 1. The van der Waals surface area contributed by atoms with Crippen LogP contribution in [0.15, 0.2) is 119 Å². The zero-order valence-corrected chi connectivity index (χ0v) is 23.1. The SMILES string of the molecule is C[C@H]1[C@@H](CSc2ccccc2)O[C@@H](c2cccc(NS(=O)(=O)c3ccccc3)c2)O[C@H]1c1ccc(CO)cc1. The van der Waals surface area contributed by atoms with Crippen LogP contribution in [0.3, 0.4) is 0 Å². The van der Waals surface area contributed by atoms with Crippen LogP contribution in [-0.2, 0) is 26.1 Å². The van der Waals surface area contributed by atoms with E-state index in [-0.39, 0.29) is 29.6 Å². The van der Waals surface area contributed by atoms with Crippen LogP contribution in [0.2, 0.25) is 0 Å². The van der Waals surface area contributed by atoms with Crippen molar-refractivity contribution < 1.29 is 23.0 Å². The van der Waals surface area contributed by atoms with E-state index in [9.17, 15) is 13.5 Å². The van der Waals surface area contributed by atoms with Gasteiger partial charge in [-0.25, -0.2) is 8.42 Å². The Kier molecular flexibility index (Phi) is 8.69. The van der Waals surface area contributed by atoms with Crippen LogP contribution in [0.5, 0.6) is 0 Å². The van der Waals surface area contributed by atoms with Crippen molar-refractivity contribution in [2.75, 3.05) is 10.5 Å². The lowest BCUT2D eigenvalue weighted by Gasteiger charge is -2.41. The Bertz CT molecular complexity index is 1460. The average Bonchev–Trinajstić information content (AvgIpc) is 2.97. The minimum atomic E-state index is -3.74. The second-order valence-corrected chi connectivity index (χ2v) is 12.3. The molecule has 0 radical (unpaired) electrons. The van der Waals surface area contributed by atoms with Gasteiger partial charge in [0, 0.05) is 27.8 Å². The highest BCUT2D eigenvalue weighted by Crippen LogP contribution is 2.43. The molecule has 39 heavy (non-hydrogen) atoms. The average molecular weight is 562 g/mol. The first kappa shape index (κ1) is 27.4. The Morgan fingerprint density at radius 3 is 2.21 bits per heavy atom. The molecule has 1 aliphatic heterocycles. The third kappa shape index (κ3) is 6.72. The first-order chi connectivity index (χ1) is 18.9. The summed E-state index contributed by atoms with van der Waals surface area (Å²) in [5.41, 5.74) is 3.00. The number of benzene rings is 4. The molecule has 0 bridgehead atoms. The van der Waals surface area contributed by atoms with Gasteiger partial charge in [-0.1, -0.05) is 79.7 Å². The van der Waals surface area contributed by atoms with Crippen LogP contribution >= 0.6 is 11.8 Å². The lowest BCUT2D eigenvalue weighted by Crippen LogP contribution is -2.38. The normalized spacial score (nSPS) is 21.4. The molecule has 1 saturated heterocycles. The molecule has 1 aliphatic rings. The molecule has 4 aromatic carbocycles. The number of sulfonamides is 1. The van der Waals surface area contributed by atoms with E-state index in [1.54, 1.807) is 60.3 Å². The highest BCUT2D eigenvalue weighted by Gasteiger charge is 2.38. The molecule has 4 atom stereocenters. The van der Waals surface area contributed by atoms with Crippen LogP contribution in [-0.4, -0.2) is 25.4 Å². The highest BCUT2D eigenvalue weighted by atomic mass is 32.2. The fourth-order valence-electron chi connectivity index (χ4n) is 4.57. The van der Waals surface area contributed by atoms with Gasteiger partial charge in [-0.2, -0.15) is 0 Å². The van der Waals surface area contributed by atoms with Crippen LogP contribution in [0.1, 0.15) is 36.0 Å². The third-order valence-corrected chi connectivity index (χ3v) is 9.24. The maximum Gasteiger partial charge on any atom is 0.261 e. The van der Waals surface area contributed by atoms with Crippen molar-refractivity contribution >= 4 is 27.5 Å². The van der Waals surface area contributed by atoms with Gasteiger partial charge in [0.25, 0.3) is 10.0 Å². The quantitative estimate of drug-likeness (QED) is 0.225. The standard InChI is InChI=1S/C31H31NO5S2/c1-22-29(21-38-27-11-4-2-5-12-27)36-31(37-30(22)24-17-15-23(20-33)16-18-24)25-9-8-10-26(19-25)32-39(34,35)28-13-6-3-7-14-28/h2-19,22,29-33H,20-21H2,1H3/t22-,29+,30+,31+/m0/s1. The topological polar surface area (TPSA) is 84.9 Å². The van der Waals surface area contributed by atoms with Gasteiger partial charge in [0.15, 0.2) is 6.29 Å². The Hall–Kier alpha value is -3.14. The summed E-state index contributed by atoms with van der Waals surface area (Å²) in [4.78, 5) is 1.36. The fourth-order valence-corrected chi connectivity index (χ4v) is 6.73. The molecule has 4 aromatic rings. The summed E-state index contributed by atoms with van der Waals surface area (Å²) in [6.45, 7) is 2.11. The van der Waals surface area contributed by atoms with Gasteiger partial charge < -0.3 is 14.6 Å². The second-order valence-electron chi connectivity index (χ2n) is 9.49. The molecule has 6 nitrogen and oxygen atoms in total. The zero-order chi connectivity index (χ0) is 27.2. The molecule has 1 heterocycles. The number of hydrogen-bond acceptors (Lipinski definition) is 6. The largest absolute Gasteiger partial charge is 0.392 e.